The van der Waals surface area contributed by atoms with Crippen LogP contribution < -0.4 is 4.74 Å². The number of fused-ring (bicyclic) bond motifs is 1. The average molecular weight is 549 g/mol. The molecule has 3 aromatic heterocycles. The molecule has 4 heterocycles. The molecule has 0 saturated carbocycles. The van der Waals surface area contributed by atoms with Crippen LogP contribution in [0, 0.1) is 5.92 Å². The summed E-state index contributed by atoms with van der Waals surface area (Å²) in [5.41, 5.74) is 4.41. The van der Waals surface area contributed by atoms with Gasteiger partial charge in [0.05, 0.1) is 28.2 Å². The number of aryl methyl sites for hydroxylation is 4. The van der Waals surface area contributed by atoms with E-state index in [1.54, 1.807) is 16.2 Å². The Morgan fingerprint density at radius 1 is 1.18 bits per heavy atom. The Morgan fingerprint density at radius 2 is 1.97 bits per heavy atom. The number of carbonyl (C=O) groups excluding carboxylic acids is 1. The summed E-state index contributed by atoms with van der Waals surface area (Å²) < 4.78 is 17.4. The minimum absolute atomic E-state index is 0.230. The van der Waals surface area contributed by atoms with Crippen LogP contribution in [0.1, 0.15) is 51.8 Å². The molecule has 1 unspecified atom stereocenters. The summed E-state index contributed by atoms with van der Waals surface area (Å²) in [4.78, 5) is 19.0. The van der Waals surface area contributed by atoms with Crippen LogP contribution >= 0.6 is 11.3 Å². The standard InChI is InChI=1S/C31H40N4O3S/c1-6-24-20-34(29(32-24)27-18-28-26(33(27)5)14-17-39-28)15-7-8-22-9-11-25(12-10-22)37-21-23-13-16-35(19-23)30(36)38-31(2,3)4/h9-12,14,17-18,20,23H,6-8,13,15-16,19,21H2,1-5H3. The molecular weight excluding hydrogens is 508 g/mol. The van der Waals surface area contributed by atoms with E-state index in [0.29, 0.717) is 19.1 Å². The van der Waals surface area contributed by atoms with Gasteiger partial charge in [0.15, 0.2) is 5.82 Å². The summed E-state index contributed by atoms with van der Waals surface area (Å²) in [6.45, 7) is 10.8. The monoisotopic (exact) mass is 548 g/mol. The smallest absolute Gasteiger partial charge is 0.410 e. The number of thiophene rings is 1. The van der Waals surface area contributed by atoms with Gasteiger partial charge in [-0.1, -0.05) is 19.1 Å². The summed E-state index contributed by atoms with van der Waals surface area (Å²) in [7, 11) is 2.13. The van der Waals surface area contributed by atoms with E-state index in [1.165, 1.54) is 21.5 Å². The van der Waals surface area contributed by atoms with Gasteiger partial charge in [-0.15, -0.1) is 11.3 Å². The molecule has 0 N–H and O–H groups in total. The number of rotatable bonds is 9. The Balaban J connectivity index is 1.12. The molecule has 1 fully saturated rings. The minimum Gasteiger partial charge on any atom is -0.493 e. The summed E-state index contributed by atoms with van der Waals surface area (Å²) >= 11 is 1.78. The third-order valence-corrected chi connectivity index (χ3v) is 8.15. The highest BCUT2D eigenvalue weighted by Gasteiger charge is 2.30. The molecule has 1 saturated heterocycles. The number of aromatic nitrogens is 3. The largest absolute Gasteiger partial charge is 0.493 e. The van der Waals surface area contributed by atoms with Crippen LogP contribution in [0.15, 0.2) is 48.0 Å². The number of hydrogen-bond acceptors (Lipinski definition) is 5. The first-order valence-electron chi connectivity index (χ1n) is 14.0. The fourth-order valence-corrected chi connectivity index (χ4v) is 6.01. The quantitative estimate of drug-likeness (QED) is 0.227. The number of carbonyl (C=O) groups is 1. The maximum atomic E-state index is 12.3. The number of amides is 1. The summed E-state index contributed by atoms with van der Waals surface area (Å²) in [6, 6.07) is 12.9. The Kier molecular flexibility index (Phi) is 8.03. The number of benzene rings is 1. The highest BCUT2D eigenvalue weighted by molar-refractivity contribution is 7.17. The van der Waals surface area contributed by atoms with Gasteiger partial charge in [0.25, 0.3) is 0 Å². The molecule has 7 nitrogen and oxygen atoms in total. The van der Waals surface area contributed by atoms with Crippen molar-refractivity contribution < 1.29 is 14.3 Å². The Labute approximate surface area is 235 Å². The molecule has 0 spiro atoms. The topological polar surface area (TPSA) is 61.5 Å². The zero-order chi connectivity index (χ0) is 27.6. The van der Waals surface area contributed by atoms with Crippen molar-refractivity contribution in [2.24, 2.45) is 13.0 Å². The lowest BCUT2D eigenvalue weighted by Gasteiger charge is -2.24. The van der Waals surface area contributed by atoms with Gasteiger partial charge in [-0.3, -0.25) is 0 Å². The van der Waals surface area contributed by atoms with Crippen LogP contribution in [0.25, 0.3) is 21.7 Å². The Morgan fingerprint density at radius 3 is 2.69 bits per heavy atom. The van der Waals surface area contributed by atoms with Crippen molar-refractivity contribution in [1.82, 2.24) is 19.0 Å². The number of imidazole rings is 1. The number of hydrogen-bond donors (Lipinski definition) is 0. The van der Waals surface area contributed by atoms with E-state index in [2.05, 4.69) is 71.1 Å². The lowest BCUT2D eigenvalue weighted by molar-refractivity contribution is 0.0285. The fourth-order valence-electron chi connectivity index (χ4n) is 5.16. The van der Waals surface area contributed by atoms with Crippen LogP contribution in [-0.2, 0) is 31.2 Å². The second-order valence-corrected chi connectivity index (χ2v) is 12.4. The number of likely N-dealkylation sites (tertiary alicyclic amines) is 1. The lowest BCUT2D eigenvalue weighted by Crippen LogP contribution is -2.35. The Hall–Kier alpha value is -3.26. The van der Waals surface area contributed by atoms with Crippen molar-refractivity contribution in [2.75, 3.05) is 19.7 Å². The molecule has 0 bridgehead atoms. The van der Waals surface area contributed by atoms with Gasteiger partial charge in [0.1, 0.15) is 11.4 Å². The number of ether oxygens (including phenoxy) is 2. The second kappa shape index (κ2) is 11.5. The van der Waals surface area contributed by atoms with Gasteiger partial charge < -0.3 is 23.5 Å². The van der Waals surface area contributed by atoms with E-state index < -0.39 is 5.60 Å². The summed E-state index contributed by atoms with van der Waals surface area (Å²) in [5.74, 6) is 2.26. The SMILES string of the molecule is CCc1cn(CCCc2ccc(OCC3CCN(C(=O)OC(C)(C)C)C3)cc2)c(-c2cc3sccc3n2C)n1. The van der Waals surface area contributed by atoms with Gasteiger partial charge in [-0.25, -0.2) is 9.78 Å². The van der Waals surface area contributed by atoms with E-state index in [-0.39, 0.29) is 6.09 Å². The predicted octanol–water partition coefficient (Wildman–Crippen LogP) is 6.93. The van der Waals surface area contributed by atoms with Gasteiger partial charge in [0.2, 0.25) is 0 Å². The summed E-state index contributed by atoms with van der Waals surface area (Å²) in [5, 5.41) is 2.14. The first-order chi connectivity index (χ1) is 18.7. The highest BCUT2D eigenvalue weighted by atomic mass is 32.1. The zero-order valence-corrected chi connectivity index (χ0v) is 24.6. The van der Waals surface area contributed by atoms with Crippen molar-refractivity contribution in [1.29, 1.82) is 0 Å². The van der Waals surface area contributed by atoms with E-state index in [1.807, 2.05) is 20.8 Å². The van der Waals surface area contributed by atoms with Crippen molar-refractivity contribution in [3.8, 4) is 17.3 Å². The molecule has 39 heavy (non-hydrogen) atoms. The van der Waals surface area contributed by atoms with Gasteiger partial charge in [0, 0.05) is 38.8 Å². The molecule has 1 aliphatic heterocycles. The Bertz CT molecular complexity index is 1410. The summed E-state index contributed by atoms with van der Waals surface area (Å²) in [6.07, 6.45) is 5.88. The molecule has 1 amide bonds. The van der Waals surface area contributed by atoms with Gasteiger partial charge >= 0.3 is 6.09 Å². The minimum atomic E-state index is -0.467. The van der Waals surface area contributed by atoms with E-state index in [4.69, 9.17) is 14.5 Å². The maximum absolute atomic E-state index is 12.3. The van der Waals surface area contributed by atoms with E-state index in [0.717, 1.165) is 56.0 Å². The first-order valence-corrected chi connectivity index (χ1v) is 14.9. The van der Waals surface area contributed by atoms with Crippen molar-refractivity contribution in [3.63, 3.8) is 0 Å². The van der Waals surface area contributed by atoms with E-state index in [9.17, 15) is 4.79 Å². The molecule has 208 valence electrons. The van der Waals surface area contributed by atoms with Crippen molar-refractivity contribution in [3.05, 3.63) is 59.2 Å². The van der Waals surface area contributed by atoms with Crippen LogP contribution in [0.4, 0.5) is 4.79 Å². The molecule has 0 aliphatic carbocycles. The molecule has 1 atom stereocenters. The second-order valence-electron chi connectivity index (χ2n) is 11.5. The zero-order valence-electron chi connectivity index (χ0n) is 23.8. The maximum Gasteiger partial charge on any atom is 0.410 e. The molecule has 1 aliphatic rings. The molecule has 8 heteroatoms. The van der Waals surface area contributed by atoms with Crippen LogP contribution in [-0.4, -0.2) is 50.4 Å². The molecule has 4 aromatic rings. The highest BCUT2D eigenvalue weighted by Crippen LogP contribution is 2.30. The molecule has 1 aromatic carbocycles. The molecular formula is C31H40N4O3S. The van der Waals surface area contributed by atoms with E-state index >= 15 is 0 Å². The normalized spacial score (nSPS) is 15.8. The van der Waals surface area contributed by atoms with Crippen LogP contribution in [0.2, 0.25) is 0 Å². The third-order valence-electron chi connectivity index (χ3n) is 7.29. The van der Waals surface area contributed by atoms with Crippen LogP contribution in [0.5, 0.6) is 5.75 Å². The molecule has 0 radical (unpaired) electrons. The van der Waals surface area contributed by atoms with Crippen molar-refractivity contribution >= 4 is 27.6 Å². The predicted molar refractivity (Wildman–Crippen MR) is 158 cm³/mol. The first kappa shape index (κ1) is 27.3. The number of nitrogens with zero attached hydrogens (tertiary/aromatic N) is 4. The van der Waals surface area contributed by atoms with Crippen molar-refractivity contribution in [2.45, 2.75) is 65.5 Å². The van der Waals surface area contributed by atoms with Crippen LogP contribution in [0.3, 0.4) is 0 Å². The van der Waals surface area contributed by atoms with Gasteiger partial charge in [-0.2, -0.15) is 0 Å². The third kappa shape index (κ3) is 6.49. The van der Waals surface area contributed by atoms with Gasteiger partial charge in [-0.05, 0) is 81.7 Å². The fraction of sp³-hybridized carbons (Fsp3) is 0.484. The average Bonchev–Trinajstić information content (AvgIpc) is 3.68. The lowest BCUT2D eigenvalue weighted by atomic mass is 10.1. The molecule has 5 rings (SSSR count).